The Morgan fingerprint density at radius 2 is 1.52 bits per heavy atom. The molecule has 0 saturated heterocycles. The highest BCUT2D eigenvalue weighted by atomic mass is 16.6. The summed E-state index contributed by atoms with van der Waals surface area (Å²) in [5.41, 5.74) is -0.986. The molecule has 0 bridgehead atoms. The summed E-state index contributed by atoms with van der Waals surface area (Å²) in [7, 11) is 0. The maximum absolute atomic E-state index is 12.8. The monoisotopic (exact) mass is 764 g/mol. The van der Waals surface area contributed by atoms with Crippen molar-refractivity contribution in [2.24, 2.45) is 39.9 Å². The summed E-state index contributed by atoms with van der Waals surface area (Å²) in [6.07, 6.45) is 11.4. The number of ether oxygens (including phenoxy) is 5. The van der Waals surface area contributed by atoms with E-state index in [1.54, 1.807) is 6.92 Å². The molecule has 11 atom stereocenters. The van der Waals surface area contributed by atoms with Gasteiger partial charge in [0.1, 0.15) is 23.9 Å². The summed E-state index contributed by atoms with van der Waals surface area (Å²) < 4.78 is 29.7. The van der Waals surface area contributed by atoms with Crippen LogP contribution in [0.3, 0.4) is 0 Å². The van der Waals surface area contributed by atoms with Crippen molar-refractivity contribution < 1.29 is 42.9 Å². The van der Waals surface area contributed by atoms with Gasteiger partial charge in [0.15, 0.2) is 0 Å². The van der Waals surface area contributed by atoms with E-state index in [2.05, 4.69) is 46.9 Å². The van der Waals surface area contributed by atoms with Crippen molar-refractivity contribution in [3.8, 4) is 0 Å². The number of hydrogen-bond acceptors (Lipinski definition) is 10. The van der Waals surface area contributed by atoms with Gasteiger partial charge in [-0.3, -0.25) is 19.2 Å². The van der Waals surface area contributed by atoms with Crippen LogP contribution in [0.4, 0.5) is 0 Å². The van der Waals surface area contributed by atoms with Crippen LogP contribution in [-0.4, -0.2) is 73.6 Å². The van der Waals surface area contributed by atoms with Gasteiger partial charge in [0.05, 0.1) is 12.7 Å². The van der Waals surface area contributed by atoms with Crippen molar-refractivity contribution >= 4 is 23.9 Å². The first-order valence-electron chi connectivity index (χ1n) is 21.4. The van der Waals surface area contributed by atoms with E-state index in [9.17, 15) is 19.2 Å². The highest BCUT2D eigenvalue weighted by molar-refractivity contribution is 5.76. The minimum absolute atomic E-state index is 0.0207. The zero-order chi connectivity index (χ0) is 40.5. The van der Waals surface area contributed by atoms with Crippen molar-refractivity contribution in [1.29, 1.82) is 0 Å². The Balaban J connectivity index is 1.81. The second kappa shape index (κ2) is 19.8. The molecule has 7 unspecified atom stereocenters. The molecule has 0 spiro atoms. The number of esters is 4. The fraction of sp³-hybridized carbons (Fsp3) is 0.909. The predicted octanol–water partition coefficient (Wildman–Crippen LogP) is 8.75. The van der Waals surface area contributed by atoms with Gasteiger partial charge >= 0.3 is 23.9 Å². The highest BCUT2D eigenvalue weighted by Crippen LogP contribution is 2.71. The molecule has 54 heavy (non-hydrogen) atoms. The molecule has 312 valence electrons. The first-order valence-corrected chi connectivity index (χ1v) is 21.4. The van der Waals surface area contributed by atoms with Crippen LogP contribution in [-0.2, 0) is 42.9 Å². The fourth-order valence-corrected chi connectivity index (χ4v) is 11.4. The third-order valence-electron chi connectivity index (χ3n) is 14.5. The smallest absolute Gasteiger partial charge is 0.325 e. The van der Waals surface area contributed by atoms with Gasteiger partial charge in [-0.15, -0.1) is 0 Å². The van der Waals surface area contributed by atoms with Gasteiger partial charge in [0.25, 0.3) is 0 Å². The molecule has 3 rings (SSSR count). The molecule has 0 aromatic heterocycles. The zero-order valence-corrected chi connectivity index (χ0v) is 36.1. The summed E-state index contributed by atoms with van der Waals surface area (Å²) in [5, 5.41) is 3.35. The molecule has 0 amide bonds. The van der Waals surface area contributed by atoms with E-state index in [0.29, 0.717) is 38.0 Å². The minimum Gasteiger partial charge on any atom is -0.465 e. The number of fused-ring (bicyclic) bond motifs is 3. The second-order valence-corrected chi connectivity index (χ2v) is 18.2. The van der Waals surface area contributed by atoms with Gasteiger partial charge in [0, 0.05) is 44.6 Å². The van der Waals surface area contributed by atoms with E-state index in [1.165, 1.54) is 20.8 Å². The van der Waals surface area contributed by atoms with Gasteiger partial charge < -0.3 is 29.0 Å². The largest absolute Gasteiger partial charge is 0.465 e. The van der Waals surface area contributed by atoms with Crippen LogP contribution in [0.25, 0.3) is 0 Å². The topological polar surface area (TPSA) is 126 Å². The normalized spacial score (nSPS) is 30.9. The molecule has 10 nitrogen and oxygen atoms in total. The van der Waals surface area contributed by atoms with Gasteiger partial charge in [-0.1, -0.05) is 53.9 Å². The molecular weight excluding hydrogens is 686 g/mol. The Bertz CT molecular complexity index is 1250. The summed E-state index contributed by atoms with van der Waals surface area (Å²) in [6.45, 7) is 25.4. The van der Waals surface area contributed by atoms with Crippen molar-refractivity contribution in [1.82, 2.24) is 5.32 Å². The third-order valence-corrected chi connectivity index (χ3v) is 14.5. The maximum Gasteiger partial charge on any atom is 0.325 e. The van der Waals surface area contributed by atoms with E-state index in [4.69, 9.17) is 23.7 Å². The molecule has 10 heteroatoms. The average molecular weight is 764 g/mol. The summed E-state index contributed by atoms with van der Waals surface area (Å²) >= 11 is 0. The Kier molecular flexibility index (Phi) is 16.9. The van der Waals surface area contributed by atoms with Gasteiger partial charge in [-0.2, -0.15) is 0 Å². The second-order valence-electron chi connectivity index (χ2n) is 18.2. The van der Waals surface area contributed by atoms with Gasteiger partial charge in [0.2, 0.25) is 0 Å². The average Bonchev–Trinajstić information content (AvgIpc) is 3.46. The highest BCUT2D eigenvalue weighted by Gasteiger charge is 2.68. The number of carbonyl (C=O) groups is 4. The van der Waals surface area contributed by atoms with Crippen LogP contribution in [0.15, 0.2) is 0 Å². The number of carbonyl (C=O) groups excluding carboxylic acids is 4. The zero-order valence-electron chi connectivity index (χ0n) is 36.1. The number of nitrogens with one attached hydrogen (secondary N) is 1. The first kappa shape index (κ1) is 46.2. The lowest BCUT2D eigenvalue weighted by molar-refractivity contribution is -0.208. The molecule has 3 fully saturated rings. The standard InChI is InChI=1S/C44H77NO9/c1-13-16-20-37(53-31(6)47)41(8,9)33-21-24-42(10)34(27-33)28-36(52-30(5)46)38-35(22-25-43(38,42)11)44(12,54-32(7)48)23-18-17-19-26-45-39(29(4)50-14-2)40(49)51-15-3/h29,33-39,45H,13-28H2,1-12H3/t29?,33?,34?,35?,36?,37-,38-,39?,42+,43+,44?/m0/s1. The van der Waals surface area contributed by atoms with Crippen LogP contribution in [0, 0.1) is 39.9 Å². The van der Waals surface area contributed by atoms with E-state index >= 15 is 0 Å². The molecule has 1 N–H and O–H groups in total. The molecule has 3 aliphatic carbocycles. The summed E-state index contributed by atoms with van der Waals surface area (Å²) in [5.74, 6) is -0.237. The van der Waals surface area contributed by atoms with Crippen LogP contribution >= 0.6 is 0 Å². The Morgan fingerprint density at radius 3 is 2.11 bits per heavy atom. The fourth-order valence-electron chi connectivity index (χ4n) is 11.4. The van der Waals surface area contributed by atoms with E-state index in [-0.39, 0.29) is 70.3 Å². The predicted molar refractivity (Wildman–Crippen MR) is 210 cm³/mol. The molecule has 3 aliphatic rings. The molecular formula is C44H77NO9. The summed E-state index contributed by atoms with van der Waals surface area (Å²) in [6, 6.07) is -0.528. The van der Waals surface area contributed by atoms with Crippen molar-refractivity contribution in [2.45, 2.75) is 197 Å². The molecule has 0 aliphatic heterocycles. The number of unbranched alkanes of at least 4 members (excludes halogenated alkanes) is 3. The molecule has 0 aromatic rings. The lowest BCUT2D eigenvalue weighted by Crippen LogP contribution is -2.61. The number of hydrogen-bond donors (Lipinski definition) is 1. The van der Waals surface area contributed by atoms with Gasteiger partial charge in [-0.25, -0.2) is 0 Å². The van der Waals surface area contributed by atoms with Crippen molar-refractivity contribution in [3.63, 3.8) is 0 Å². The molecule has 0 aromatic carbocycles. The molecule has 3 saturated carbocycles. The van der Waals surface area contributed by atoms with E-state index in [0.717, 1.165) is 77.0 Å². The SMILES string of the molecule is CCCC[C@H](OC(C)=O)C(C)(C)C1CC[C@]2(C)C(CC(OC(C)=O)[C@@H]3C(C(C)(CCCCCNC(C(=O)OCC)C(C)OCC)OC(C)=O)CC[C@]32C)C1. The van der Waals surface area contributed by atoms with Crippen LogP contribution in [0.5, 0.6) is 0 Å². The maximum atomic E-state index is 12.8. The quantitative estimate of drug-likeness (QED) is 0.0689. The van der Waals surface area contributed by atoms with Gasteiger partial charge in [-0.05, 0) is 121 Å². The lowest BCUT2D eigenvalue weighted by Gasteiger charge is -2.63. The van der Waals surface area contributed by atoms with Crippen LogP contribution in [0.2, 0.25) is 0 Å². The van der Waals surface area contributed by atoms with E-state index < -0.39 is 11.6 Å². The first-order chi connectivity index (χ1) is 25.3. The van der Waals surface area contributed by atoms with Crippen LogP contribution < -0.4 is 5.32 Å². The van der Waals surface area contributed by atoms with Crippen molar-refractivity contribution in [3.05, 3.63) is 0 Å². The third kappa shape index (κ3) is 10.6. The molecule has 0 heterocycles. The lowest BCUT2D eigenvalue weighted by atomic mass is 9.42. The Morgan fingerprint density at radius 1 is 0.833 bits per heavy atom. The number of rotatable bonds is 21. The Labute approximate surface area is 327 Å². The van der Waals surface area contributed by atoms with Crippen LogP contribution in [0.1, 0.15) is 167 Å². The van der Waals surface area contributed by atoms with Crippen molar-refractivity contribution in [2.75, 3.05) is 19.8 Å². The Hall–Kier alpha value is -2.20. The minimum atomic E-state index is -0.712. The summed E-state index contributed by atoms with van der Waals surface area (Å²) in [4.78, 5) is 50.4. The molecule has 0 radical (unpaired) electrons. The van der Waals surface area contributed by atoms with E-state index in [1.807, 2.05) is 13.8 Å².